The van der Waals surface area contributed by atoms with Gasteiger partial charge in [-0.1, -0.05) is 61.5 Å². The molecule has 11 nitrogen and oxygen atoms in total. The van der Waals surface area contributed by atoms with E-state index in [0.717, 1.165) is 5.56 Å². The minimum atomic E-state index is -1.32. The van der Waals surface area contributed by atoms with Crippen molar-refractivity contribution < 1.29 is 38.9 Å². The summed E-state index contributed by atoms with van der Waals surface area (Å²) < 4.78 is 11.2. The zero-order chi connectivity index (χ0) is 36.4. The van der Waals surface area contributed by atoms with Crippen molar-refractivity contribution in [2.75, 3.05) is 6.54 Å². The average molecular weight is 676 g/mol. The number of phenolic OH excluding ortho intramolecular Hbond substituents is 2. The van der Waals surface area contributed by atoms with Gasteiger partial charge in [-0.05, 0) is 88.9 Å². The normalized spacial score (nSPS) is 13.4. The zero-order valence-electron chi connectivity index (χ0n) is 29.4. The minimum absolute atomic E-state index is 0.0154. The van der Waals surface area contributed by atoms with Crippen LogP contribution in [0.1, 0.15) is 77.6 Å². The van der Waals surface area contributed by atoms with Gasteiger partial charge in [0.15, 0.2) is 0 Å². The molecule has 3 aromatic rings. The van der Waals surface area contributed by atoms with Crippen LogP contribution < -0.4 is 10.6 Å². The maximum atomic E-state index is 14.6. The van der Waals surface area contributed by atoms with E-state index in [1.165, 1.54) is 29.2 Å². The molecule has 0 aliphatic heterocycles. The molecule has 49 heavy (non-hydrogen) atoms. The van der Waals surface area contributed by atoms with Gasteiger partial charge in [0.25, 0.3) is 0 Å². The zero-order valence-corrected chi connectivity index (χ0v) is 29.4. The summed E-state index contributed by atoms with van der Waals surface area (Å²) >= 11 is 0. The summed E-state index contributed by atoms with van der Waals surface area (Å²) in [6, 6.07) is 17.7. The summed E-state index contributed by atoms with van der Waals surface area (Å²) in [7, 11) is 0. The number of esters is 1. The number of alkyl carbamates (subject to hydrolysis) is 1. The maximum Gasteiger partial charge on any atom is 0.408 e. The first-order valence-corrected chi connectivity index (χ1v) is 16.4. The van der Waals surface area contributed by atoms with Crippen molar-refractivity contribution in [3.8, 4) is 11.5 Å². The number of hydrogen-bond donors (Lipinski definition) is 4. The molecule has 4 N–H and O–H groups in total. The predicted molar refractivity (Wildman–Crippen MR) is 186 cm³/mol. The second kappa shape index (κ2) is 16.9. The van der Waals surface area contributed by atoms with E-state index in [0.29, 0.717) is 17.5 Å². The molecule has 0 aromatic heterocycles. The number of carbonyl (C=O) groups is 4. The van der Waals surface area contributed by atoms with Crippen molar-refractivity contribution in [2.45, 2.75) is 97.1 Å². The van der Waals surface area contributed by atoms with Crippen LogP contribution in [0.2, 0.25) is 0 Å². The van der Waals surface area contributed by atoms with E-state index in [1.807, 2.05) is 37.3 Å². The highest BCUT2D eigenvalue weighted by atomic mass is 16.6. The van der Waals surface area contributed by atoms with E-state index in [-0.39, 0.29) is 30.9 Å². The van der Waals surface area contributed by atoms with E-state index in [4.69, 9.17) is 9.47 Å². The van der Waals surface area contributed by atoms with Crippen LogP contribution in [0.25, 0.3) is 0 Å². The summed E-state index contributed by atoms with van der Waals surface area (Å²) in [4.78, 5) is 56.8. The van der Waals surface area contributed by atoms with Gasteiger partial charge in [0.2, 0.25) is 11.8 Å². The van der Waals surface area contributed by atoms with Crippen LogP contribution in [-0.2, 0) is 36.7 Å². The highest BCUT2D eigenvalue weighted by Gasteiger charge is 2.38. The van der Waals surface area contributed by atoms with E-state index < -0.39 is 53.2 Å². The Bertz CT molecular complexity index is 1560. The Kier molecular flexibility index (Phi) is 13.2. The molecule has 264 valence electrons. The summed E-state index contributed by atoms with van der Waals surface area (Å²) in [5.74, 6) is -2.01. The third-order valence-corrected chi connectivity index (χ3v) is 7.15. The highest BCUT2D eigenvalue weighted by Crippen LogP contribution is 2.27. The van der Waals surface area contributed by atoms with Crippen molar-refractivity contribution in [3.63, 3.8) is 0 Å². The van der Waals surface area contributed by atoms with E-state index in [9.17, 15) is 29.4 Å². The third-order valence-electron chi connectivity index (χ3n) is 7.15. The number of hydrogen-bond acceptors (Lipinski definition) is 8. The Balaban J connectivity index is 2.08. The van der Waals surface area contributed by atoms with Crippen molar-refractivity contribution >= 4 is 23.9 Å². The third kappa shape index (κ3) is 12.5. The first kappa shape index (κ1) is 38.4. The largest absolute Gasteiger partial charge is 0.508 e. The van der Waals surface area contributed by atoms with Crippen LogP contribution in [-0.4, -0.2) is 68.8 Å². The van der Waals surface area contributed by atoms with Crippen LogP contribution in [0.15, 0.2) is 78.9 Å². The Labute approximate surface area is 288 Å². The molecule has 3 atom stereocenters. The van der Waals surface area contributed by atoms with Gasteiger partial charge in [0.05, 0.1) is 0 Å². The van der Waals surface area contributed by atoms with Gasteiger partial charge in [-0.2, -0.15) is 0 Å². The number of benzene rings is 3. The average Bonchev–Trinajstić information content (AvgIpc) is 2.99. The highest BCUT2D eigenvalue weighted by molar-refractivity contribution is 5.94. The topological polar surface area (TPSA) is 154 Å². The minimum Gasteiger partial charge on any atom is -0.508 e. The fourth-order valence-electron chi connectivity index (χ4n) is 5.16. The molecule has 0 saturated carbocycles. The van der Waals surface area contributed by atoms with Crippen molar-refractivity contribution in [1.29, 1.82) is 0 Å². The molecule has 3 aromatic carbocycles. The van der Waals surface area contributed by atoms with Gasteiger partial charge < -0.3 is 35.2 Å². The molecule has 0 aliphatic rings. The summed E-state index contributed by atoms with van der Waals surface area (Å²) in [6.07, 6.45) is -0.250. The van der Waals surface area contributed by atoms with Crippen LogP contribution in [0, 0.1) is 0 Å². The van der Waals surface area contributed by atoms with Gasteiger partial charge in [-0.3, -0.25) is 9.59 Å². The molecule has 0 bridgehead atoms. The molecule has 0 spiro atoms. The Morgan fingerprint density at radius 1 is 0.714 bits per heavy atom. The van der Waals surface area contributed by atoms with Crippen LogP contribution >= 0.6 is 0 Å². The first-order valence-electron chi connectivity index (χ1n) is 16.4. The fourth-order valence-corrected chi connectivity index (χ4v) is 5.16. The Hall–Kier alpha value is -5.06. The number of nitrogens with one attached hydrogen (secondary N) is 2. The molecule has 0 aliphatic carbocycles. The number of carbonyl (C=O) groups excluding carboxylic acids is 4. The molecule has 3 rings (SSSR count). The summed E-state index contributed by atoms with van der Waals surface area (Å²) in [5, 5.41) is 25.8. The van der Waals surface area contributed by atoms with Crippen molar-refractivity contribution in [3.05, 3.63) is 95.6 Å². The lowest BCUT2D eigenvalue weighted by Crippen LogP contribution is -2.55. The van der Waals surface area contributed by atoms with Crippen LogP contribution in [0.4, 0.5) is 4.79 Å². The SMILES string of the molecule is CCCN(C(=O)C(Cc1ccc(O)cc1)NC(=O)OC(C)(C)C)C(C(=O)NC(Cc1ccccc1)C(=O)OC(C)(C)C)c1cccc(O)c1. The summed E-state index contributed by atoms with van der Waals surface area (Å²) in [6.45, 7) is 12.2. The molecule has 0 heterocycles. The first-order chi connectivity index (χ1) is 23.0. The molecular formula is C38H49N3O8. The predicted octanol–water partition coefficient (Wildman–Crippen LogP) is 5.58. The Morgan fingerprint density at radius 2 is 1.31 bits per heavy atom. The monoisotopic (exact) mass is 675 g/mol. The van der Waals surface area contributed by atoms with Gasteiger partial charge in [0.1, 0.15) is 40.8 Å². The standard InChI is InChI=1S/C38H49N3O8/c1-8-21-41(34(45)30(40-36(47)49-38(5,6)7)22-26-17-19-28(42)20-18-26)32(27-15-12-16-29(43)24-27)33(44)39-31(35(46)48-37(2,3)4)23-25-13-10-9-11-14-25/h9-20,24,30-32,42-43H,8,21-23H2,1-7H3,(H,39,44)(H,40,47). The molecule has 11 heteroatoms. The van der Waals surface area contributed by atoms with E-state index in [1.54, 1.807) is 65.8 Å². The second-order valence-corrected chi connectivity index (χ2v) is 13.9. The number of aromatic hydroxyl groups is 2. The lowest BCUT2D eigenvalue weighted by atomic mass is 9.99. The van der Waals surface area contributed by atoms with Crippen molar-refractivity contribution in [1.82, 2.24) is 15.5 Å². The van der Waals surface area contributed by atoms with Crippen molar-refractivity contribution in [2.24, 2.45) is 0 Å². The van der Waals surface area contributed by atoms with E-state index >= 15 is 0 Å². The van der Waals surface area contributed by atoms with Gasteiger partial charge in [-0.25, -0.2) is 9.59 Å². The molecule has 0 fully saturated rings. The lowest BCUT2D eigenvalue weighted by Gasteiger charge is -2.35. The van der Waals surface area contributed by atoms with Gasteiger partial charge in [0, 0.05) is 19.4 Å². The molecule has 3 unspecified atom stereocenters. The van der Waals surface area contributed by atoms with Crippen LogP contribution in [0.5, 0.6) is 11.5 Å². The number of rotatable bonds is 13. The fraction of sp³-hybridized carbons (Fsp3) is 0.421. The van der Waals surface area contributed by atoms with Gasteiger partial charge in [-0.15, -0.1) is 0 Å². The second-order valence-electron chi connectivity index (χ2n) is 13.9. The lowest BCUT2D eigenvalue weighted by molar-refractivity contribution is -0.159. The molecule has 0 saturated heterocycles. The number of ether oxygens (including phenoxy) is 2. The quantitative estimate of drug-likeness (QED) is 0.171. The number of nitrogens with zero attached hydrogens (tertiary/aromatic N) is 1. The smallest absolute Gasteiger partial charge is 0.408 e. The Morgan fingerprint density at radius 3 is 1.88 bits per heavy atom. The molecule has 0 radical (unpaired) electrons. The molecule has 3 amide bonds. The van der Waals surface area contributed by atoms with E-state index in [2.05, 4.69) is 10.6 Å². The molecular weight excluding hydrogens is 626 g/mol. The number of amides is 3. The summed E-state index contributed by atoms with van der Waals surface area (Å²) in [5.41, 5.74) is 0.0288. The van der Waals surface area contributed by atoms with Gasteiger partial charge >= 0.3 is 12.1 Å². The maximum absolute atomic E-state index is 14.6. The number of phenols is 2. The van der Waals surface area contributed by atoms with Crippen LogP contribution in [0.3, 0.4) is 0 Å².